The minimum Gasteiger partial charge on any atom is -0.465 e. The molecular formula is C15H20N2O4. The molecule has 2 N–H and O–H groups in total. The fourth-order valence-corrected chi connectivity index (χ4v) is 2.35. The molecule has 0 aliphatic heterocycles. The number of aliphatic hydroxyl groups is 1. The maximum atomic E-state index is 12.3. The number of amides is 2. The Morgan fingerprint density at radius 2 is 1.81 bits per heavy atom. The number of hydrogen-bond donors (Lipinski definition) is 2. The van der Waals surface area contributed by atoms with Gasteiger partial charge in [-0.25, -0.2) is 4.79 Å². The molecule has 0 radical (unpaired) electrons. The Morgan fingerprint density at radius 1 is 1.24 bits per heavy atom. The average molecular weight is 292 g/mol. The molecular weight excluding hydrogens is 272 g/mol. The van der Waals surface area contributed by atoms with Crippen molar-refractivity contribution in [2.45, 2.75) is 31.0 Å². The molecule has 1 fully saturated rings. The van der Waals surface area contributed by atoms with E-state index in [-0.39, 0.29) is 6.54 Å². The highest BCUT2D eigenvalue weighted by molar-refractivity contribution is 5.87. The number of carbonyl (C=O) groups is 2. The Kier molecular flexibility index (Phi) is 4.18. The molecule has 0 bridgehead atoms. The molecule has 6 heteroatoms. The van der Waals surface area contributed by atoms with Gasteiger partial charge in [0.05, 0.1) is 5.60 Å². The quantitative estimate of drug-likeness (QED) is 0.853. The number of benzene rings is 1. The molecule has 1 aliphatic rings. The van der Waals surface area contributed by atoms with E-state index in [0.717, 1.165) is 10.5 Å². The largest absolute Gasteiger partial charge is 0.465 e. The number of likely N-dealkylation sites (N-methyl/N-ethyl adjacent to an activating group) is 1. The van der Waals surface area contributed by atoms with Crippen molar-refractivity contribution >= 4 is 12.0 Å². The Bertz CT molecular complexity index is 526. The maximum absolute atomic E-state index is 12.3. The summed E-state index contributed by atoms with van der Waals surface area (Å²) >= 11 is 0. The summed E-state index contributed by atoms with van der Waals surface area (Å²) in [6.07, 6.45) is -0.328. The van der Waals surface area contributed by atoms with Crippen LogP contribution in [-0.4, -0.2) is 57.8 Å². The number of carbonyl (C=O) groups excluding carboxylic acids is 1. The maximum Gasteiger partial charge on any atom is 0.408 e. The van der Waals surface area contributed by atoms with E-state index in [4.69, 9.17) is 0 Å². The summed E-state index contributed by atoms with van der Waals surface area (Å²) in [4.78, 5) is 26.3. The summed E-state index contributed by atoms with van der Waals surface area (Å²) in [5, 5.41) is 19.8. The van der Waals surface area contributed by atoms with E-state index >= 15 is 0 Å². The highest BCUT2D eigenvalue weighted by Crippen LogP contribution is 2.41. The molecule has 1 aliphatic carbocycles. The molecule has 1 aromatic carbocycles. The standard InChI is InChI=1S/C15H20N2O4/c1-16(2)13(18)12(15(21)8-9-15)17(14(19)20)10-11-6-4-3-5-7-11/h3-7,12,21H,8-10H2,1-2H3,(H,19,20)/t12-/m1/s1. The van der Waals surface area contributed by atoms with Crippen LogP contribution < -0.4 is 0 Å². The molecule has 21 heavy (non-hydrogen) atoms. The van der Waals surface area contributed by atoms with Crippen LogP contribution in [0.1, 0.15) is 18.4 Å². The van der Waals surface area contributed by atoms with Crippen molar-refractivity contribution in [2.75, 3.05) is 14.1 Å². The zero-order valence-electron chi connectivity index (χ0n) is 12.2. The van der Waals surface area contributed by atoms with Gasteiger partial charge in [0.25, 0.3) is 0 Å². The van der Waals surface area contributed by atoms with Gasteiger partial charge in [0.15, 0.2) is 0 Å². The molecule has 1 atom stereocenters. The third-order valence-corrected chi connectivity index (χ3v) is 3.70. The minimum absolute atomic E-state index is 0.0722. The average Bonchev–Trinajstić information content (AvgIpc) is 3.17. The van der Waals surface area contributed by atoms with E-state index < -0.39 is 23.6 Å². The molecule has 0 spiro atoms. The second-order valence-corrected chi connectivity index (χ2v) is 5.63. The summed E-state index contributed by atoms with van der Waals surface area (Å²) < 4.78 is 0. The van der Waals surface area contributed by atoms with Gasteiger partial charge in [-0.05, 0) is 18.4 Å². The molecule has 2 rings (SSSR count). The van der Waals surface area contributed by atoms with Gasteiger partial charge in [0, 0.05) is 20.6 Å². The van der Waals surface area contributed by atoms with Crippen LogP contribution in [0.15, 0.2) is 30.3 Å². The van der Waals surface area contributed by atoms with Crippen LogP contribution in [0.5, 0.6) is 0 Å². The van der Waals surface area contributed by atoms with Crippen molar-refractivity contribution in [3.8, 4) is 0 Å². The van der Waals surface area contributed by atoms with Crippen LogP contribution in [0.2, 0.25) is 0 Å². The summed E-state index contributed by atoms with van der Waals surface area (Å²) in [6, 6.07) is 7.98. The second kappa shape index (κ2) is 5.73. The van der Waals surface area contributed by atoms with Crippen LogP contribution in [0.4, 0.5) is 4.79 Å². The van der Waals surface area contributed by atoms with Gasteiger partial charge in [-0.1, -0.05) is 30.3 Å². The van der Waals surface area contributed by atoms with Crippen molar-refractivity contribution in [1.29, 1.82) is 0 Å². The fraction of sp³-hybridized carbons (Fsp3) is 0.467. The number of nitrogens with zero attached hydrogens (tertiary/aromatic N) is 2. The smallest absolute Gasteiger partial charge is 0.408 e. The lowest BCUT2D eigenvalue weighted by Crippen LogP contribution is -2.55. The van der Waals surface area contributed by atoms with Crippen LogP contribution in [-0.2, 0) is 11.3 Å². The second-order valence-electron chi connectivity index (χ2n) is 5.63. The fourth-order valence-electron chi connectivity index (χ4n) is 2.35. The van der Waals surface area contributed by atoms with Gasteiger partial charge in [-0.2, -0.15) is 0 Å². The van der Waals surface area contributed by atoms with E-state index in [9.17, 15) is 19.8 Å². The molecule has 0 aromatic heterocycles. The zero-order chi connectivity index (χ0) is 15.6. The number of rotatable bonds is 5. The van der Waals surface area contributed by atoms with Crippen LogP contribution in [0.25, 0.3) is 0 Å². The molecule has 1 saturated carbocycles. The SMILES string of the molecule is CN(C)C(=O)[C@@H](N(Cc1ccccc1)C(=O)O)C1(O)CC1. The molecule has 0 heterocycles. The van der Waals surface area contributed by atoms with E-state index in [1.54, 1.807) is 26.2 Å². The Hall–Kier alpha value is -2.08. The Labute approximate surface area is 123 Å². The molecule has 1 aromatic rings. The van der Waals surface area contributed by atoms with Gasteiger partial charge in [0.1, 0.15) is 6.04 Å². The highest BCUT2D eigenvalue weighted by atomic mass is 16.4. The summed E-state index contributed by atoms with van der Waals surface area (Å²) in [5.74, 6) is -0.395. The lowest BCUT2D eigenvalue weighted by Gasteiger charge is -2.33. The van der Waals surface area contributed by atoms with Crippen molar-refractivity contribution in [2.24, 2.45) is 0 Å². The van der Waals surface area contributed by atoms with E-state index in [2.05, 4.69) is 0 Å². The van der Waals surface area contributed by atoms with Crippen LogP contribution in [0, 0.1) is 0 Å². The third-order valence-electron chi connectivity index (χ3n) is 3.70. The van der Waals surface area contributed by atoms with Crippen molar-refractivity contribution in [3.05, 3.63) is 35.9 Å². The summed E-state index contributed by atoms with van der Waals surface area (Å²) in [6.45, 7) is 0.0722. The van der Waals surface area contributed by atoms with Crippen molar-refractivity contribution < 1.29 is 19.8 Å². The summed E-state index contributed by atoms with van der Waals surface area (Å²) in [5.41, 5.74) is -0.463. The lowest BCUT2D eigenvalue weighted by atomic mass is 10.0. The van der Waals surface area contributed by atoms with Gasteiger partial charge < -0.3 is 15.1 Å². The van der Waals surface area contributed by atoms with Gasteiger partial charge in [-0.3, -0.25) is 9.69 Å². The number of hydrogen-bond acceptors (Lipinski definition) is 3. The zero-order valence-corrected chi connectivity index (χ0v) is 12.2. The van der Waals surface area contributed by atoms with Crippen LogP contribution in [0.3, 0.4) is 0 Å². The van der Waals surface area contributed by atoms with E-state index in [0.29, 0.717) is 12.8 Å². The molecule has 114 valence electrons. The Balaban J connectivity index is 2.29. The van der Waals surface area contributed by atoms with Gasteiger partial charge >= 0.3 is 6.09 Å². The highest BCUT2D eigenvalue weighted by Gasteiger charge is 2.55. The van der Waals surface area contributed by atoms with Crippen LogP contribution >= 0.6 is 0 Å². The van der Waals surface area contributed by atoms with Gasteiger partial charge in [-0.15, -0.1) is 0 Å². The minimum atomic E-state index is -1.24. The Morgan fingerprint density at radius 3 is 2.24 bits per heavy atom. The predicted octanol–water partition coefficient (Wildman–Crippen LogP) is 1.15. The topological polar surface area (TPSA) is 81.1 Å². The first kappa shape index (κ1) is 15.3. The molecule has 0 saturated heterocycles. The normalized spacial score (nSPS) is 16.9. The summed E-state index contributed by atoms with van der Waals surface area (Å²) in [7, 11) is 3.12. The molecule has 2 amide bonds. The first-order chi connectivity index (χ1) is 9.85. The molecule has 0 unspecified atom stereocenters. The lowest BCUT2D eigenvalue weighted by molar-refractivity contribution is -0.139. The van der Waals surface area contributed by atoms with Crippen molar-refractivity contribution in [3.63, 3.8) is 0 Å². The van der Waals surface area contributed by atoms with Gasteiger partial charge in [0.2, 0.25) is 5.91 Å². The first-order valence-electron chi connectivity index (χ1n) is 6.82. The predicted molar refractivity (Wildman–Crippen MR) is 76.7 cm³/mol. The monoisotopic (exact) mass is 292 g/mol. The van der Waals surface area contributed by atoms with E-state index in [1.165, 1.54) is 4.90 Å². The van der Waals surface area contributed by atoms with E-state index in [1.807, 2.05) is 18.2 Å². The molecule has 6 nitrogen and oxygen atoms in total. The third kappa shape index (κ3) is 3.33. The van der Waals surface area contributed by atoms with Crippen molar-refractivity contribution in [1.82, 2.24) is 9.80 Å². The number of carboxylic acid groups (broad SMARTS) is 1. The first-order valence-corrected chi connectivity index (χ1v) is 6.82.